The highest BCUT2D eigenvalue weighted by molar-refractivity contribution is 5.54. The minimum absolute atomic E-state index is 0.0216. The lowest BCUT2D eigenvalue weighted by atomic mass is 10.0. The van der Waals surface area contributed by atoms with Crippen LogP contribution in [0.2, 0.25) is 0 Å². The molecule has 16 heavy (non-hydrogen) atoms. The molecule has 1 N–H and O–H groups in total. The van der Waals surface area contributed by atoms with Gasteiger partial charge in [-0.25, -0.2) is 0 Å². The van der Waals surface area contributed by atoms with Crippen LogP contribution in [-0.4, -0.2) is 29.2 Å². The summed E-state index contributed by atoms with van der Waals surface area (Å²) < 4.78 is 0. The van der Waals surface area contributed by atoms with E-state index in [1.165, 1.54) is 12.1 Å². The van der Waals surface area contributed by atoms with Gasteiger partial charge >= 0.3 is 0 Å². The van der Waals surface area contributed by atoms with Crippen LogP contribution in [0.4, 0.5) is 11.4 Å². The zero-order chi connectivity index (χ0) is 12.3. The highest BCUT2D eigenvalue weighted by Gasteiger charge is 2.23. The number of nitro benzene ring substituents is 1. The van der Waals surface area contributed by atoms with Gasteiger partial charge in [0.2, 0.25) is 0 Å². The number of aliphatic hydroxyl groups is 1. The first kappa shape index (κ1) is 12.4. The third kappa shape index (κ3) is 2.49. The molecule has 1 rings (SSSR count). The predicted molar refractivity (Wildman–Crippen MR) is 62.7 cm³/mol. The highest BCUT2D eigenvalue weighted by atomic mass is 16.6. The Hall–Kier alpha value is -1.62. The fraction of sp³-hybridized carbons (Fsp3) is 0.455. The Bertz CT molecular complexity index is 391. The molecule has 0 fully saturated rings. The van der Waals surface area contributed by atoms with Crippen LogP contribution < -0.4 is 4.90 Å². The van der Waals surface area contributed by atoms with Crippen molar-refractivity contribution in [2.45, 2.75) is 19.4 Å². The fourth-order valence-electron chi connectivity index (χ4n) is 1.27. The monoisotopic (exact) mass is 224 g/mol. The van der Waals surface area contributed by atoms with Crippen molar-refractivity contribution in [2.24, 2.45) is 0 Å². The van der Waals surface area contributed by atoms with E-state index >= 15 is 0 Å². The normalized spacial score (nSPS) is 11.2. The maximum absolute atomic E-state index is 10.6. The molecule has 5 nitrogen and oxygen atoms in total. The first-order valence-electron chi connectivity index (χ1n) is 4.97. The zero-order valence-corrected chi connectivity index (χ0v) is 9.67. The number of rotatable bonds is 4. The molecule has 0 unspecified atom stereocenters. The van der Waals surface area contributed by atoms with E-state index in [1.54, 1.807) is 19.2 Å². The van der Waals surface area contributed by atoms with Crippen LogP contribution in [0, 0.1) is 10.1 Å². The molecule has 0 heterocycles. The van der Waals surface area contributed by atoms with Crippen molar-refractivity contribution >= 4 is 11.4 Å². The molecule has 0 amide bonds. The summed E-state index contributed by atoms with van der Waals surface area (Å²) in [6.07, 6.45) is 0. The quantitative estimate of drug-likeness (QED) is 0.625. The summed E-state index contributed by atoms with van der Waals surface area (Å²) in [5.74, 6) is 0. The molecule has 0 atom stereocenters. The number of nitrogens with zero attached hydrogens (tertiary/aromatic N) is 2. The van der Waals surface area contributed by atoms with Crippen molar-refractivity contribution in [2.75, 3.05) is 18.6 Å². The van der Waals surface area contributed by atoms with Crippen molar-refractivity contribution in [3.8, 4) is 0 Å². The van der Waals surface area contributed by atoms with Crippen molar-refractivity contribution in [1.82, 2.24) is 0 Å². The molecule has 0 aliphatic rings. The predicted octanol–water partition coefficient (Wildman–Crippen LogP) is 1.80. The Morgan fingerprint density at radius 2 is 2.12 bits per heavy atom. The van der Waals surface area contributed by atoms with Crippen molar-refractivity contribution < 1.29 is 10.0 Å². The van der Waals surface area contributed by atoms with Gasteiger partial charge in [0.15, 0.2) is 0 Å². The Balaban J connectivity index is 3.05. The number of aliphatic hydroxyl groups excluding tert-OH is 1. The van der Waals surface area contributed by atoms with Crippen LogP contribution in [0.25, 0.3) is 0 Å². The second-order valence-corrected chi connectivity index (χ2v) is 4.31. The lowest BCUT2D eigenvalue weighted by Crippen LogP contribution is -2.44. The third-order valence-corrected chi connectivity index (χ3v) is 2.72. The van der Waals surface area contributed by atoms with Crippen LogP contribution >= 0.6 is 0 Å². The Labute approximate surface area is 94.5 Å². The van der Waals surface area contributed by atoms with Gasteiger partial charge in [0.1, 0.15) is 0 Å². The molecule has 0 aliphatic carbocycles. The summed E-state index contributed by atoms with van der Waals surface area (Å²) in [6, 6.07) is 6.36. The molecule has 0 radical (unpaired) electrons. The van der Waals surface area contributed by atoms with E-state index in [0.29, 0.717) is 5.69 Å². The average molecular weight is 224 g/mol. The number of likely N-dealkylation sites (N-methyl/N-ethyl adjacent to an activating group) is 1. The second-order valence-electron chi connectivity index (χ2n) is 4.31. The van der Waals surface area contributed by atoms with Crippen molar-refractivity contribution in [1.29, 1.82) is 0 Å². The van der Waals surface area contributed by atoms with Crippen LogP contribution in [0.1, 0.15) is 13.8 Å². The lowest BCUT2D eigenvalue weighted by molar-refractivity contribution is -0.384. The summed E-state index contributed by atoms with van der Waals surface area (Å²) in [4.78, 5) is 12.0. The van der Waals surface area contributed by atoms with Gasteiger partial charge in [-0.05, 0) is 19.9 Å². The number of hydrogen-bond donors (Lipinski definition) is 1. The molecule has 0 spiro atoms. The third-order valence-electron chi connectivity index (χ3n) is 2.72. The van der Waals surface area contributed by atoms with Crippen LogP contribution in [0.15, 0.2) is 24.3 Å². The van der Waals surface area contributed by atoms with E-state index < -0.39 is 10.5 Å². The summed E-state index contributed by atoms with van der Waals surface area (Å²) in [5.41, 5.74) is 0.321. The van der Waals surface area contributed by atoms with Gasteiger partial charge < -0.3 is 10.0 Å². The average Bonchev–Trinajstić information content (AvgIpc) is 2.28. The van der Waals surface area contributed by atoms with Gasteiger partial charge in [0, 0.05) is 24.9 Å². The summed E-state index contributed by atoms with van der Waals surface area (Å²) in [5, 5.41) is 19.9. The molecular weight excluding hydrogens is 208 g/mol. The van der Waals surface area contributed by atoms with Crippen LogP contribution in [-0.2, 0) is 0 Å². The molecule has 1 aromatic rings. The minimum atomic E-state index is -0.449. The number of hydrogen-bond acceptors (Lipinski definition) is 4. The smallest absolute Gasteiger partial charge is 0.271 e. The van der Waals surface area contributed by atoms with Gasteiger partial charge in [0.25, 0.3) is 5.69 Å². The lowest BCUT2D eigenvalue weighted by Gasteiger charge is -2.35. The van der Waals surface area contributed by atoms with E-state index in [0.717, 1.165) is 0 Å². The number of anilines is 1. The second kappa shape index (κ2) is 4.49. The standard InChI is InChI=1S/C11H16N2O3/c1-11(2,8-14)12(3)9-5-4-6-10(7-9)13(15)16/h4-7,14H,8H2,1-3H3. The molecular formula is C11H16N2O3. The SMILES string of the molecule is CN(c1cccc([N+](=O)[O-])c1)C(C)(C)CO. The van der Waals surface area contributed by atoms with E-state index in [2.05, 4.69) is 0 Å². The molecule has 0 aliphatic heterocycles. The van der Waals surface area contributed by atoms with Crippen molar-refractivity contribution in [3.05, 3.63) is 34.4 Å². The van der Waals surface area contributed by atoms with E-state index in [9.17, 15) is 15.2 Å². The minimum Gasteiger partial charge on any atom is -0.394 e. The maximum atomic E-state index is 10.6. The fourth-order valence-corrected chi connectivity index (χ4v) is 1.27. The Morgan fingerprint density at radius 3 is 2.62 bits per heavy atom. The Kier molecular flexibility index (Phi) is 3.49. The van der Waals surface area contributed by atoms with Crippen LogP contribution in [0.5, 0.6) is 0 Å². The summed E-state index contributed by atoms with van der Waals surface area (Å²) >= 11 is 0. The van der Waals surface area contributed by atoms with Gasteiger partial charge in [0.05, 0.1) is 17.1 Å². The highest BCUT2D eigenvalue weighted by Crippen LogP contribution is 2.25. The molecule has 0 saturated carbocycles. The van der Waals surface area contributed by atoms with E-state index in [1.807, 2.05) is 18.7 Å². The van der Waals surface area contributed by atoms with Crippen LogP contribution in [0.3, 0.4) is 0 Å². The van der Waals surface area contributed by atoms with Gasteiger partial charge in [-0.15, -0.1) is 0 Å². The van der Waals surface area contributed by atoms with Gasteiger partial charge in [-0.2, -0.15) is 0 Å². The number of benzene rings is 1. The van der Waals surface area contributed by atoms with Crippen molar-refractivity contribution in [3.63, 3.8) is 0 Å². The largest absolute Gasteiger partial charge is 0.394 e. The molecule has 1 aromatic carbocycles. The maximum Gasteiger partial charge on any atom is 0.271 e. The van der Waals surface area contributed by atoms with E-state index in [-0.39, 0.29) is 12.3 Å². The molecule has 0 bridgehead atoms. The van der Waals surface area contributed by atoms with Gasteiger partial charge in [-0.1, -0.05) is 6.07 Å². The van der Waals surface area contributed by atoms with E-state index in [4.69, 9.17) is 0 Å². The number of non-ortho nitro benzene ring substituents is 1. The van der Waals surface area contributed by atoms with Gasteiger partial charge in [-0.3, -0.25) is 10.1 Å². The first-order valence-corrected chi connectivity index (χ1v) is 4.97. The number of nitro groups is 1. The topological polar surface area (TPSA) is 66.6 Å². The first-order chi connectivity index (χ1) is 7.38. The molecule has 88 valence electrons. The molecule has 0 aromatic heterocycles. The Morgan fingerprint density at radius 1 is 1.50 bits per heavy atom. The summed E-state index contributed by atoms with van der Waals surface area (Å²) in [6.45, 7) is 3.71. The zero-order valence-electron chi connectivity index (χ0n) is 9.67. The molecule has 5 heteroatoms. The molecule has 0 saturated heterocycles. The summed E-state index contributed by atoms with van der Waals surface area (Å²) in [7, 11) is 1.80.